The third-order valence-electron chi connectivity index (χ3n) is 4.69. The molecule has 0 spiro atoms. The van der Waals surface area contributed by atoms with Gasteiger partial charge >= 0.3 is 5.97 Å². The molecule has 9 heteroatoms. The molecule has 156 valence electrons. The van der Waals surface area contributed by atoms with Crippen LogP contribution in [0.1, 0.15) is 33.5 Å². The van der Waals surface area contributed by atoms with Gasteiger partial charge in [-0.1, -0.05) is 6.07 Å². The van der Waals surface area contributed by atoms with Gasteiger partial charge in [-0.2, -0.15) is 0 Å². The lowest BCUT2D eigenvalue weighted by Crippen LogP contribution is -2.30. The molecule has 2 heterocycles. The number of carbonyl (C=O) groups is 2. The molecule has 1 atom stereocenters. The summed E-state index contributed by atoms with van der Waals surface area (Å²) < 4.78 is 7.38. The summed E-state index contributed by atoms with van der Waals surface area (Å²) in [4.78, 5) is 36.3. The number of ether oxygens (including phenoxy) is 1. The Kier molecular flexibility index (Phi) is 6.31. The Morgan fingerprint density at radius 1 is 1.23 bits per heavy atom. The molecule has 0 saturated carbocycles. The van der Waals surface area contributed by atoms with E-state index in [9.17, 15) is 19.7 Å². The van der Waals surface area contributed by atoms with Crippen molar-refractivity contribution in [3.63, 3.8) is 0 Å². The molecule has 1 N–H and O–H groups in total. The fourth-order valence-electron chi connectivity index (χ4n) is 3.00. The van der Waals surface area contributed by atoms with E-state index in [1.165, 1.54) is 36.1 Å². The summed E-state index contributed by atoms with van der Waals surface area (Å²) in [6.07, 6.45) is -1.03. The molecule has 0 aliphatic carbocycles. The number of anilines is 1. The van der Waals surface area contributed by atoms with Crippen molar-refractivity contribution >= 4 is 34.6 Å². The Labute approximate surface area is 177 Å². The van der Waals surface area contributed by atoms with Crippen molar-refractivity contribution in [2.75, 3.05) is 5.32 Å². The van der Waals surface area contributed by atoms with Crippen LogP contribution in [0.4, 0.5) is 11.4 Å². The molecular formula is C21H21N3O5S. The van der Waals surface area contributed by atoms with Gasteiger partial charge in [0.25, 0.3) is 11.6 Å². The summed E-state index contributed by atoms with van der Waals surface area (Å²) in [6.45, 7) is 5.91. The second kappa shape index (κ2) is 8.91. The van der Waals surface area contributed by atoms with E-state index in [2.05, 4.69) is 5.32 Å². The number of aromatic nitrogens is 1. The number of thiophene rings is 1. The molecule has 3 rings (SSSR count). The van der Waals surface area contributed by atoms with Crippen molar-refractivity contribution in [1.82, 2.24) is 4.57 Å². The van der Waals surface area contributed by atoms with Crippen LogP contribution < -0.4 is 5.32 Å². The molecular weight excluding hydrogens is 406 g/mol. The van der Waals surface area contributed by atoms with E-state index in [-0.39, 0.29) is 5.69 Å². The van der Waals surface area contributed by atoms with Crippen LogP contribution in [-0.4, -0.2) is 27.5 Å². The number of nitro benzene ring substituents is 1. The minimum Gasteiger partial charge on any atom is -0.449 e. The summed E-state index contributed by atoms with van der Waals surface area (Å²) >= 11 is 1.64. The monoisotopic (exact) mass is 427 g/mol. The maximum Gasteiger partial charge on any atom is 0.340 e. The van der Waals surface area contributed by atoms with Crippen molar-refractivity contribution in [1.29, 1.82) is 0 Å². The molecule has 30 heavy (non-hydrogen) atoms. The Morgan fingerprint density at radius 2 is 1.93 bits per heavy atom. The first-order chi connectivity index (χ1) is 14.3. The molecule has 1 aromatic carbocycles. The lowest BCUT2D eigenvalue weighted by Gasteiger charge is -2.14. The van der Waals surface area contributed by atoms with E-state index >= 15 is 0 Å². The maximum absolute atomic E-state index is 12.6. The number of aryl methyl sites for hydroxylation is 1. The molecule has 0 aliphatic rings. The van der Waals surface area contributed by atoms with Gasteiger partial charge in [0.05, 0.1) is 17.0 Å². The summed E-state index contributed by atoms with van der Waals surface area (Å²) in [6, 6.07) is 11.2. The van der Waals surface area contributed by atoms with E-state index in [0.29, 0.717) is 17.8 Å². The molecule has 2 aromatic heterocycles. The van der Waals surface area contributed by atoms with Gasteiger partial charge in [0.1, 0.15) is 0 Å². The van der Waals surface area contributed by atoms with Gasteiger partial charge in [-0.25, -0.2) is 4.79 Å². The number of carbonyl (C=O) groups excluding carboxylic acids is 2. The highest BCUT2D eigenvalue weighted by atomic mass is 32.1. The Hall–Kier alpha value is -3.46. The van der Waals surface area contributed by atoms with Gasteiger partial charge in [-0.05, 0) is 50.4 Å². The number of nitrogens with zero attached hydrogens (tertiary/aromatic N) is 2. The summed E-state index contributed by atoms with van der Waals surface area (Å²) in [5.74, 6) is -1.10. The Morgan fingerprint density at radius 3 is 2.53 bits per heavy atom. The van der Waals surface area contributed by atoms with E-state index in [4.69, 9.17) is 4.74 Å². The lowest BCUT2D eigenvalue weighted by atomic mass is 10.2. The fourth-order valence-corrected chi connectivity index (χ4v) is 3.69. The minimum absolute atomic E-state index is 0.0784. The van der Waals surface area contributed by atoms with Gasteiger partial charge in [-0.15, -0.1) is 11.3 Å². The molecule has 0 unspecified atom stereocenters. The number of esters is 1. The number of non-ortho nitro benzene ring substituents is 1. The van der Waals surface area contributed by atoms with Crippen LogP contribution in [0.25, 0.3) is 0 Å². The number of amides is 1. The molecule has 0 aliphatic heterocycles. The van der Waals surface area contributed by atoms with E-state index < -0.39 is 22.9 Å². The molecule has 0 radical (unpaired) electrons. The Bertz CT molecular complexity index is 1070. The highest BCUT2D eigenvalue weighted by Gasteiger charge is 2.23. The van der Waals surface area contributed by atoms with Crippen molar-refractivity contribution in [3.05, 3.63) is 79.8 Å². The van der Waals surface area contributed by atoms with Crippen LogP contribution in [0, 0.1) is 24.0 Å². The highest BCUT2D eigenvalue weighted by Crippen LogP contribution is 2.21. The van der Waals surface area contributed by atoms with Crippen molar-refractivity contribution in [2.45, 2.75) is 33.4 Å². The minimum atomic E-state index is -1.03. The predicted octanol–water partition coefficient (Wildman–Crippen LogP) is 4.31. The van der Waals surface area contributed by atoms with Crippen LogP contribution in [0.15, 0.2) is 47.8 Å². The largest absolute Gasteiger partial charge is 0.449 e. The summed E-state index contributed by atoms with van der Waals surface area (Å²) in [7, 11) is 0. The van der Waals surface area contributed by atoms with Crippen LogP contribution in [0.5, 0.6) is 0 Å². The zero-order valence-corrected chi connectivity index (χ0v) is 17.6. The number of hydrogen-bond acceptors (Lipinski definition) is 6. The van der Waals surface area contributed by atoms with Crippen molar-refractivity contribution < 1.29 is 19.2 Å². The highest BCUT2D eigenvalue weighted by molar-refractivity contribution is 7.09. The molecule has 0 saturated heterocycles. The zero-order chi connectivity index (χ0) is 21.8. The van der Waals surface area contributed by atoms with Crippen LogP contribution in [-0.2, 0) is 16.1 Å². The fraction of sp³-hybridized carbons (Fsp3) is 0.238. The van der Waals surface area contributed by atoms with E-state index in [1.54, 1.807) is 17.4 Å². The zero-order valence-electron chi connectivity index (χ0n) is 16.7. The lowest BCUT2D eigenvalue weighted by molar-refractivity contribution is -0.384. The van der Waals surface area contributed by atoms with Crippen LogP contribution in [0.3, 0.4) is 0 Å². The Balaban J connectivity index is 1.65. The first kappa shape index (κ1) is 21.3. The smallest absolute Gasteiger partial charge is 0.340 e. The first-order valence-corrected chi connectivity index (χ1v) is 10.1. The average Bonchev–Trinajstić information content (AvgIpc) is 3.32. The molecule has 8 nitrogen and oxygen atoms in total. The first-order valence-electron chi connectivity index (χ1n) is 9.21. The molecule has 3 aromatic rings. The second-order valence-corrected chi connectivity index (χ2v) is 7.82. The average molecular weight is 427 g/mol. The second-order valence-electron chi connectivity index (χ2n) is 6.79. The van der Waals surface area contributed by atoms with Crippen molar-refractivity contribution in [2.24, 2.45) is 0 Å². The van der Waals surface area contributed by atoms with Gasteiger partial charge < -0.3 is 14.6 Å². The SMILES string of the molecule is Cc1cc(C(=O)O[C@H](C)C(=O)Nc2ccc([N+](=O)[O-])cc2)c(C)n1Cc1cccs1. The van der Waals surface area contributed by atoms with Crippen molar-refractivity contribution in [3.8, 4) is 0 Å². The standard InChI is InChI=1S/C21H21N3O5S/c1-13-11-19(14(2)23(13)12-18-5-4-10-30-18)21(26)29-15(3)20(25)22-16-6-8-17(9-7-16)24(27)28/h4-11,15H,12H2,1-3H3,(H,22,25)/t15-/m1/s1. The normalized spacial score (nSPS) is 11.7. The van der Waals surface area contributed by atoms with Crippen LogP contribution >= 0.6 is 11.3 Å². The molecule has 1 amide bonds. The van der Waals surface area contributed by atoms with Crippen LogP contribution in [0.2, 0.25) is 0 Å². The third kappa shape index (κ3) is 4.74. The summed E-state index contributed by atoms with van der Waals surface area (Å²) in [5, 5.41) is 15.3. The number of nitro groups is 1. The van der Waals surface area contributed by atoms with E-state index in [1.807, 2.05) is 35.9 Å². The predicted molar refractivity (Wildman–Crippen MR) is 114 cm³/mol. The quantitative estimate of drug-likeness (QED) is 0.344. The number of rotatable bonds is 7. The topological polar surface area (TPSA) is 103 Å². The summed E-state index contributed by atoms with van der Waals surface area (Å²) in [5.41, 5.74) is 2.41. The number of nitrogens with one attached hydrogen (secondary N) is 1. The number of benzene rings is 1. The van der Waals surface area contributed by atoms with E-state index in [0.717, 1.165) is 11.4 Å². The van der Waals surface area contributed by atoms with Gasteiger partial charge in [0, 0.05) is 34.1 Å². The molecule has 0 fully saturated rings. The maximum atomic E-state index is 12.6. The molecule has 0 bridgehead atoms. The van der Waals surface area contributed by atoms with Gasteiger partial charge in [0.2, 0.25) is 0 Å². The van der Waals surface area contributed by atoms with Gasteiger partial charge in [0.15, 0.2) is 6.10 Å². The third-order valence-corrected chi connectivity index (χ3v) is 5.55. The number of hydrogen-bond donors (Lipinski definition) is 1. The van der Waals surface area contributed by atoms with Gasteiger partial charge in [-0.3, -0.25) is 14.9 Å².